The SMILES string of the molecule is O=C(CCOCC(F)(F)F)c1ccc[nH]1. The van der Waals surface area contributed by atoms with Crippen LogP contribution in [0, 0.1) is 0 Å². The van der Waals surface area contributed by atoms with Crippen LogP contribution in [0.4, 0.5) is 13.2 Å². The van der Waals surface area contributed by atoms with E-state index in [0.29, 0.717) is 5.69 Å². The van der Waals surface area contributed by atoms with Crippen molar-refractivity contribution in [3.63, 3.8) is 0 Å². The van der Waals surface area contributed by atoms with Crippen LogP contribution in [0.3, 0.4) is 0 Å². The minimum absolute atomic E-state index is 0.0589. The molecule has 0 aromatic carbocycles. The summed E-state index contributed by atoms with van der Waals surface area (Å²) >= 11 is 0. The summed E-state index contributed by atoms with van der Waals surface area (Å²) in [4.78, 5) is 13.9. The molecule has 1 aromatic heterocycles. The molecular weight excluding hydrogens is 211 g/mol. The fraction of sp³-hybridized carbons (Fsp3) is 0.444. The predicted octanol–water partition coefficient (Wildman–Crippen LogP) is 2.17. The molecule has 1 rings (SSSR count). The third-order valence-corrected chi connectivity index (χ3v) is 1.64. The summed E-state index contributed by atoms with van der Waals surface area (Å²) in [5.74, 6) is -0.262. The number of ketones is 1. The highest BCUT2D eigenvalue weighted by Crippen LogP contribution is 2.14. The second-order valence-corrected chi connectivity index (χ2v) is 2.92. The first-order valence-corrected chi connectivity index (χ1v) is 4.30. The molecule has 0 atom stereocenters. The van der Waals surface area contributed by atoms with Gasteiger partial charge in [-0.15, -0.1) is 0 Å². The van der Waals surface area contributed by atoms with Crippen LogP contribution in [0.15, 0.2) is 18.3 Å². The number of Topliss-reactive ketones (excluding diaryl/α,β-unsaturated/α-hetero) is 1. The molecule has 0 saturated heterocycles. The van der Waals surface area contributed by atoms with Crippen molar-refractivity contribution in [1.29, 1.82) is 0 Å². The van der Waals surface area contributed by atoms with E-state index in [1.807, 2.05) is 0 Å². The summed E-state index contributed by atoms with van der Waals surface area (Å²) < 4.78 is 39.2. The molecule has 0 saturated carbocycles. The molecule has 0 aliphatic carbocycles. The zero-order chi connectivity index (χ0) is 11.3. The van der Waals surface area contributed by atoms with E-state index >= 15 is 0 Å². The summed E-state index contributed by atoms with van der Waals surface area (Å²) in [6, 6.07) is 3.20. The van der Waals surface area contributed by atoms with Gasteiger partial charge in [-0.1, -0.05) is 0 Å². The van der Waals surface area contributed by atoms with E-state index in [-0.39, 0.29) is 18.8 Å². The molecule has 84 valence electrons. The number of carbonyl (C=O) groups is 1. The smallest absolute Gasteiger partial charge is 0.372 e. The van der Waals surface area contributed by atoms with E-state index in [1.54, 1.807) is 18.3 Å². The van der Waals surface area contributed by atoms with Gasteiger partial charge in [0.15, 0.2) is 5.78 Å². The predicted molar refractivity (Wildman–Crippen MR) is 46.6 cm³/mol. The number of nitrogens with one attached hydrogen (secondary N) is 1. The Morgan fingerprint density at radius 2 is 2.20 bits per heavy atom. The Bertz CT molecular complexity index is 306. The lowest BCUT2D eigenvalue weighted by Crippen LogP contribution is -2.18. The van der Waals surface area contributed by atoms with E-state index < -0.39 is 12.8 Å². The van der Waals surface area contributed by atoms with Crippen molar-refractivity contribution < 1.29 is 22.7 Å². The van der Waals surface area contributed by atoms with Gasteiger partial charge in [0.25, 0.3) is 0 Å². The molecular formula is C9H10F3NO2. The number of aromatic amines is 1. The summed E-state index contributed by atoms with van der Waals surface area (Å²) in [5.41, 5.74) is 0.380. The molecule has 0 unspecified atom stereocenters. The molecule has 0 amide bonds. The summed E-state index contributed by atoms with van der Waals surface area (Å²) in [6.07, 6.45) is -2.82. The Balaban J connectivity index is 2.19. The van der Waals surface area contributed by atoms with Crippen molar-refractivity contribution in [3.05, 3.63) is 24.0 Å². The van der Waals surface area contributed by atoms with Crippen molar-refractivity contribution in [2.45, 2.75) is 12.6 Å². The lowest BCUT2D eigenvalue weighted by atomic mass is 10.2. The number of aromatic nitrogens is 1. The number of hydrogen-bond acceptors (Lipinski definition) is 2. The minimum Gasteiger partial charge on any atom is -0.372 e. The number of H-pyrrole nitrogens is 1. The lowest BCUT2D eigenvalue weighted by molar-refractivity contribution is -0.173. The number of hydrogen-bond donors (Lipinski definition) is 1. The zero-order valence-corrected chi connectivity index (χ0v) is 7.80. The normalized spacial score (nSPS) is 11.7. The maximum absolute atomic E-state index is 11.6. The largest absolute Gasteiger partial charge is 0.411 e. The average molecular weight is 221 g/mol. The summed E-state index contributed by atoms with van der Waals surface area (Å²) in [7, 11) is 0. The molecule has 1 N–H and O–H groups in total. The van der Waals surface area contributed by atoms with Crippen molar-refractivity contribution >= 4 is 5.78 Å². The van der Waals surface area contributed by atoms with Gasteiger partial charge >= 0.3 is 6.18 Å². The van der Waals surface area contributed by atoms with Gasteiger partial charge in [0.2, 0.25) is 0 Å². The number of alkyl halides is 3. The van der Waals surface area contributed by atoms with Crippen LogP contribution in [0.2, 0.25) is 0 Å². The van der Waals surface area contributed by atoms with E-state index in [9.17, 15) is 18.0 Å². The van der Waals surface area contributed by atoms with Gasteiger partial charge in [0.05, 0.1) is 12.3 Å². The second kappa shape index (κ2) is 4.97. The zero-order valence-electron chi connectivity index (χ0n) is 7.80. The van der Waals surface area contributed by atoms with Crippen molar-refractivity contribution in [3.8, 4) is 0 Å². The third kappa shape index (κ3) is 4.64. The quantitative estimate of drug-likeness (QED) is 0.611. The molecule has 0 radical (unpaired) electrons. The second-order valence-electron chi connectivity index (χ2n) is 2.92. The van der Waals surface area contributed by atoms with Crippen molar-refractivity contribution in [2.75, 3.05) is 13.2 Å². The minimum atomic E-state index is -4.34. The first-order chi connectivity index (χ1) is 6.99. The maximum Gasteiger partial charge on any atom is 0.411 e. The Morgan fingerprint density at radius 1 is 1.47 bits per heavy atom. The fourth-order valence-corrected chi connectivity index (χ4v) is 0.991. The average Bonchev–Trinajstić information content (AvgIpc) is 2.63. The molecule has 1 heterocycles. The van der Waals surface area contributed by atoms with Crippen LogP contribution >= 0.6 is 0 Å². The van der Waals surface area contributed by atoms with Gasteiger partial charge in [-0.05, 0) is 12.1 Å². The topological polar surface area (TPSA) is 42.1 Å². The fourth-order valence-electron chi connectivity index (χ4n) is 0.991. The Hall–Kier alpha value is -1.30. The molecule has 6 heteroatoms. The van der Waals surface area contributed by atoms with E-state index in [4.69, 9.17) is 0 Å². The first-order valence-electron chi connectivity index (χ1n) is 4.30. The van der Waals surface area contributed by atoms with Gasteiger partial charge < -0.3 is 9.72 Å². The van der Waals surface area contributed by atoms with Gasteiger partial charge in [0.1, 0.15) is 6.61 Å². The monoisotopic (exact) mass is 221 g/mol. The first kappa shape index (κ1) is 11.8. The van der Waals surface area contributed by atoms with Gasteiger partial charge in [-0.2, -0.15) is 13.2 Å². The van der Waals surface area contributed by atoms with Crippen LogP contribution in [0.25, 0.3) is 0 Å². The van der Waals surface area contributed by atoms with E-state index in [2.05, 4.69) is 9.72 Å². The van der Waals surface area contributed by atoms with Crippen LogP contribution in [-0.4, -0.2) is 30.2 Å². The van der Waals surface area contributed by atoms with E-state index in [1.165, 1.54) is 0 Å². The summed E-state index contributed by atoms with van der Waals surface area (Å²) in [5, 5.41) is 0. The number of ether oxygens (including phenoxy) is 1. The van der Waals surface area contributed by atoms with E-state index in [0.717, 1.165) is 0 Å². The van der Waals surface area contributed by atoms with Crippen LogP contribution < -0.4 is 0 Å². The lowest BCUT2D eigenvalue weighted by Gasteiger charge is -2.06. The molecule has 15 heavy (non-hydrogen) atoms. The highest BCUT2D eigenvalue weighted by molar-refractivity contribution is 5.94. The molecule has 3 nitrogen and oxygen atoms in total. The Kier molecular flexibility index (Phi) is 3.90. The van der Waals surface area contributed by atoms with Gasteiger partial charge in [-0.3, -0.25) is 4.79 Å². The number of rotatable bonds is 5. The van der Waals surface area contributed by atoms with Crippen molar-refractivity contribution in [1.82, 2.24) is 4.98 Å². The standard InChI is InChI=1S/C9H10F3NO2/c10-9(11,12)6-15-5-3-8(14)7-2-1-4-13-7/h1-2,4,13H,3,5-6H2. The van der Waals surface area contributed by atoms with Gasteiger partial charge in [-0.25, -0.2) is 0 Å². The van der Waals surface area contributed by atoms with Crippen LogP contribution in [0.5, 0.6) is 0 Å². The Labute approximate surface area is 84.2 Å². The number of halogens is 3. The molecule has 1 aromatic rings. The highest BCUT2D eigenvalue weighted by atomic mass is 19.4. The summed E-state index contributed by atoms with van der Waals surface area (Å²) in [6.45, 7) is -1.54. The molecule has 0 bridgehead atoms. The maximum atomic E-state index is 11.6. The highest BCUT2D eigenvalue weighted by Gasteiger charge is 2.27. The van der Waals surface area contributed by atoms with Gasteiger partial charge in [0, 0.05) is 12.6 Å². The van der Waals surface area contributed by atoms with Crippen LogP contribution in [0.1, 0.15) is 16.9 Å². The van der Waals surface area contributed by atoms with Crippen LogP contribution in [-0.2, 0) is 4.74 Å². The Morgan fingerprint density at radius 3 is 2.73 bits per heavy atom. The molecule has 0 aliphatic heterocycles. The van der Waals surface area contributed by atoms with Crippen molar-refractivity contribution in [2.24, 2.45) is 0 Å². The third-order valence-electron chi connectivity index (χ3n) is 1.64. The molecule has 0 aliphatic rings. The molecule has 0 spiro atoms. The number of carbonyl (C=O) groups excluding carboxylic acids is 1. The molecule has 0 fully saturated rings.